The van der Waals surface area contributed by atoms with Gasteiger partial charge < -0.3 is 5.32 Å². The number of urea groups is 1. The number of hydrogen-bond acceptors (Lipinski definition) is 6. The summed E-state index contributed by atoms with van der Waals surface area (Å²) in [6.07, 6.45) is 5.08. The molecule has 0 aliphatic heterocycles. The molecule has 2 rings (SSSR count). The molecule has 25 heavy (non-hydrogen) atoms. The average molecular weight is 360 g/mol. The predicted molar refractivity (Wildman–Crippen MR) is 96.0 cm³/mol. The van der Waals surface area contributed by atoms with Gasteiger partial charge in [-0.15, -0.1) is 16.8 Å². The first-order chi connectivity index (χ1) is 12.0. The van der Waals surface area contributed by atoms with Crippen LogP contribution in [-0.4, -0.2) is 43.5 Å². The molecule has 0 spiro atoms. The maximum atomic E-state index is 11.9. The van der Waals surface area contributed by atoms with Gasteiger partial charge in [0.25, 0.3) is 0 Å². The number of allylic oxidation sites excluding steroid dienone is 1. The normalized spacial score (nSPS) is 10.5. The summed E-state index contributed by atoms with van der Waals surface area (Å²) in [5, 5.41) is 13.8. The third-order valence-corrected chi connectivity index (χ3v) is 3.94. The first kappa shape index (κ1) is 18.7. The average Bonchev–Trinajstić information content (AvgIpc) is 2.96. The van der Waals surface area contributed by atoms with E-state index < -0.39 is 11.9 Å². The molecule has 0 radical (unpaired) electrons. The molecule has 2 heterocycles. The van der Waals surface area contributed by atoms with E-state index >= 15 is 0 Å². The Morgan fingerprint density at radius 2 is 2.04 bits per heavy atom. The summed E-state index contributed by atoms with van der Waals surface area (Å²) in [5.41, 5.74) is 0.872. The summed E-state index contributed by atoms with van der Waals surface area (Å²) in [6, 6.07) is 3.12. The van der Waals surface area contributed by atoms with Crippen LogP contribution in [0.25, 0.3) is 11.4 Å². The van der Waals surface area contributed by atoms with Gasteiger partial charge in [-0.2, -0.15) is 0 Å². The topological polar surface area (TPSA) is 102 Å². The van der Waals surface area contributed by atoms with Crippen molar-refractivity contribution < 1.29 is 9.59 Å². The van der Waals surface area contributed by atoms with Crippen molar-refractivity contribution >= 4 is 23.7 Å². The highest BCUT2D eigenvalue weighted by atomic mass is 32.2. The Morgan fingerprint density at radius 1 is 1.32 bits per heavy atom. The molecule has 0 aliphatic rings. The standard InChI is InChI=1S/C16H20N6O2S/c1-4-9-22-14(12-5-7-17-8-6-12)20-21-16(22)25-10-13(23)19-15(24)18-11(2)3/h4-8,11H,1,9-10H2,2-3H3,(H2,18,19,23,24). The number of amides is 3. The molecule has 0 aliphatic carbocycles. The lowest BCUT2D eigenvalue weighted by Gasteiger charge is -2.09. The van der Waals surface area contributed by atoms with E-state index in [0.717, 1.165) is 5.56 Å². The molecule has 8 nitrogen and oxygen atoms in total. The molecule has 3 amide bonds. The Balaban J connectivity index is 2.05. The molecule has 0 saturated carbocycles. The summed E-state index contributed by atoms with van der Waals surface area (Å²) in [7, 11) is 0. The fraction of sp³-hybridized carbons (Fsp3) is 0.312. The van der Waals surface area contributed by atoms with E-state index in [1.165, 1.54) is 11.8 Å². The number of carbonyl (C=O) groups excluding carboxylic acids is 2. The van der Waals surface area contributed by atoms with Gasteiger partial charge in [-0.3, -0.25) is 19.7 Å². The molecular formula is C16H20N6O2S. The van der Waals surface area contributed by atoms with Crippen LogP contribution in [0.1, 0.15) is 13.8 Å². The van der Waals surface area contributed by atoms with Crippen molar-refractivity contribution in [1.82, 2.24) is 30.4 Å². The minimum absolute atomic E-state index is 0.0425. The Bertz CT molecular complexity index is 744. The van der Waals surface area contributed by atoms with Crippen LogP contribution in [-0.2, 0) is 11.3 Å². The van der Waals surface area contributed by atoms with Gasteiger partial charge in [0.15, 0.2) is 11.0 Å². The maximum absolute atomic E-state index is 11.9. The highest BCUT2D eigenvalue weighted by Gasteiger charge is 2.16. The largest absolute Gasteiger partial charge is 0.336 e. The quantitative estimate of drug-likeness (QED) is 0.577. The lowest BCUT2D eigenvalue weighted by atomic mass is 10.2. The molecule has 0 unspecified atom stereocenters. The number of nitrogens with one attached hydrogen (secondary N) is 2. The van der Waals surface area contributed by atoms with Crippen molar-refractivity contribution in [2.45, 2.75) is 31.6 Å². The van der Waals surface area contributed by atoms with E-state index in [1.54, 1.807) is 18.5 Å². The number of thioether (sulfide) groups is 1. The van der Waals surface area contributed by atoms with Crippen LogP contribution in [0.4, 0.5) is 4.79 Å². The Hall–Kier alpha value is -2.68. The van der Waals surface area contributed by atoms with E-state index in [0.29, 0.717) is 17.5 Å². The number of aromatic nitrogens is 4. The number of rotatable bonds is 7. The third-order valence-electron chi connectivity index (χ3n) is 2.97. The lowest BCUT2D eigenvalue weighted by Crippen LogP contribution is -2.43. The van der Waals surface area contributed by atoms with Crippen LogP contribution in [0.15, 0.2) is 42.3 Å². The van der Waals surface area contributed by atoms with Crippen molar-refractivity contribution in [3.8, 4) is 11.4 Å². The minimum Gasteiger partial charge on any atom is -0.336 e. The van der Waals surface area contributed by atoms with Crippen LogP contribution in [0, 0.1) is 0 Å². The monoisotopic (exact) mass is 360 g/mol. The van der Waals surface area contributed by atoms with Crippen molar-refractivity contribution in [1.29, 1.82) is 0 Å². The zero-order valence-electron chi connectivity index (χ0n) is 14.1. The number of imide groups is 1. The van der Waals surface area contributed by atoms with Crippen molar-refractivity contribution in [3.05, 3.63) is 37.2 Å². The van der Waals surface area contributed by atoms with Gasteiger partial charge in [0.2, 0.25) is 5.91 Å². The van der Waals surface area contributed by atoms with Gasteiger partial charge in [0, 0.05) is 30.5 Å². The van der Waals surface area contributed by atoms with Gasteiger partial charge in [-0.05, 0) is 26.0 Å². The SMILES string of the molecule is C=CCn1c(SCC(=O)NC(=O)NC(C)C)nnc1-c1ccncc1. The van der Waals surface area contributed by atoms with Gasteiger partial charge in [-0.1, -0.05) is 17.8 Å². The molecular weight excluding hydrogens is 340 g/mol. The number of carbonyl (C=O) groups is 2. The van der Waals surface area contributed by atoms with Gasteiger partial charge in [0.05, 0.1) is 5.75 Å². The Morgan fingerprint density at radius 3 is 2.68 bits per heavy atom. The highest BCUT2D eigenvalue weighted by Crippen LogP contribution is 2.23. The molecule has 0 bridgehead atoms. The molecule has 132 valence electrons. The van der Waals surface area contributed by atoms with Crippen LogP contribution < -0.4 is 10.6 Å². The summed E-state index contributed by atoms with van der Waals surface area (Å²) in [4.78, 5) is 27.4. The van der Waals surface area contributed by atoms with Crippen LogP contribution in [0.5, 0.6) is 0 Å². The van der Waals surface area contributed by atoms with E-state index in [-0.39, 0.29) is 11.8 Å². The molecule has 9 heteroatoms. The Labute approximate surface area is 150 Å². The second kappa shape index (κ2) is 8.97. The first-order valence-corrected chi connectivity index (χ1v) is 8.67. The van der Waals surface area contributed by atoms with E-state index in [9.17, 15) is 9.59 Å². The molecule has 0 aromatic carbocycles. The fourth-order valence-electron chi connectivity index (χ4n) is 1.99. The van der Waals surface area contributed by atoms with E-state index in [1.807, 2.05) is 30.5 Å². The van der Waals surface area contributed by atoms with Crippen LogP contribution in [0.2, 0.25) is 0 Å². The van der Waals surface area contributed by atoms with Crippen molar-refractivity contribution in [2.24, 2.45) is 0 Å². The van der Waals surface area contributed by atoms with Gasteiger partial charge >= 0.3 is 6.03 Å². The number of hydrogen-bond donors (Lipinski definition) is 2. The molecule has 2 N–H and O–H groups in total. The summed E-state index contributed by atoms with van der Waals surface area (Å²) in [5.74, 6) is 0.321. The molecule has 0 saturated heterocycles. The minimum atomic E-state index is -0.509. The number of pyridine rings is 1. The first-order valence-electron chi connectivity index (χ1n) is 7.69. The fourth-order valence-corrected chi connectivity index (χ4v) is 2.74. The van der Waals surface area contributed by atoms with Crippen molar-refractivity contribution in [3.63, 3.8) is 0 Å². The maximum Gasteiger partial charge on any atom is 0.321 e. The van der Waals surface area contributed by atoms with Crippen LogP contribution >= 0.6 is 11.8 Å². The highest BCUT2D eigenvalue weighted by molar-refractivity contribution is 7.99. The smallest absolute Gasteiger partial charge is 0.321 e. The number of nitrogens with zero attached hydrogens (tertiary/aromatic N) is 4. The summed E-state index contributed by atoms with van der Waals surface area (Å²) in [6.45, 7) is 7.88. The zero-order valence-corrected chi connectivity index (χ0v) is 14.9. The van der Waals surface area contributed by atoms with Crippen LogP contribution in [0.3, 0.4) is 0 Å². The molecule has 2 aromatic rings. The molecule has 0 fully saturated rings. The molecule has 0 atom stereocenters. The second-order valence-electron chi connectivity index (χ2n) is 5.41. The summed E-state index contributed by atoms with van der Waals surface area (Å²) < 4.78 is 1.86. The lowest BCUT2D eigenvalue weighted by molar-refractivity contribution is -0.117. The Kier molecular flexibility index (Phi) is 6.70. The third kappa shape index (κ3) is 5.42. The van der Waals surface area contributed by atoms with Gasteiger partial charge in [0.1, 0.15) is 0 Å². The predicted octanol–water partition coefficient (Wildman–Crippen LogP) is 1.85. The van der Waals surface area contributed by atoms with Gasteiger partial charge in [-0.25, -0.2) is 4.79 Å². The summed E-state index contributed by atoms with van der Waals surface area (Å²) >= 11 is 1.21. The zero-order chi connectivity index (χ0) is 18.2. The van der Waals surface area contributed by atoms with E-state index in [4.69, 9.17) is 0 Å². The molecule has 2 aromatic heterocycles. The van der Waals surface area contributed by atoms with Crippen molar-refractivity contribution in [2.75, 3.05) is 5.75 Å². The van der Waals surface area contributed by atoms with E-state index in [2.05, 4.69) is 32.4 Å². The second-order valence-corrected chi connectivity index (χ2v) is 6.35.